The van der Waals surface area contributed by atoms with Gasteiger partial charge in [0, 0.05) is 56.5 Å². The molecule has 28 heavy (non-hydrogen) atoms. The van der Waals surface area contributed by atoms with Crippen molar-refractivity contribution < 1.29 is 13.6 Å². The molecular formula is C20H22ClF2N3OS. The first kappa shape index (κ1) is 21.0. The number of thioether (sulfide) groups is 1. The van der Waals surface area contributed by atoms with Gasteiger partial charge in [0.05, 0.1) is 10.0 Å². The van der Waals surface area contributed by atoms with Crippen molar-refractivity contribution in [2.45, 2.75) is 23.5 Å². The molecule has 0 radical (unpaired) electrons. The molecule has 2 aromatic rings. The summed E-state index contributed by atoms with van der Waals surface area (Å²) in [6, 6.07) is 9.65. The lowest BCUT2D eigenvalue weighted by Crippen LogP contribution is -2.49. The van der Waals surface area contributed by atoms with E-state index in [1.54, 1.807) is 22.9 Å². The third-order valence-electron chi connectivity index (χ3n) is 4.72. The summed E-state index contributed by atoms with van der Waals surface area (Å²) >= 11 is 7.37. The molecule has 1 saturated heterocycles. The molecule has 1 amide bonds. The Morgan fingerprint density at radius 1 is 1.29 bits per heavy atom. The number of benzene rings is 1. The number of nitrogens with zero attached hydrogens (tertiary/aromatic N) is 2. The van der Waals surface area contributed by atoms with Crippen LogP contribution in [0.1, 0.15) is 23.2 Å². The molecule has 0 unspecified atom stereocenters. The third-order valence-corrected chi connectivity index (χ3v) is 5.96. The molecule has 1 aromatic carbocycles. The first-order valence-corrected chi connectivity index (χ1v) is 10.5. The molecule has 1 aromatic heterocycles. The minimum Gasteiger partial charge on any atom is -0.338 e. The van der Waals surface area contributed by atoms with Gasteiger partial charge in [0.2, 0.25) is 0 Å². The maximum atomic E-state index is 15.0. The Balaban J connectivity index is 1.40. The van der Waals surface area contributed by atoms with Crippen LogP contribution >= 0.6 is 23.4 Å². The Morgan fingerprint density at radius 3 is 2.75 bits per heavy atom. The zero-order chi connectivity index (χ0) is 20.0. The molecule has 0 spiro atoms. The number of pyridine rings is 1. The number of alkyl halides is 1. The van der Waals surface area contributed by atoms with E-state index in [4.69, 9.17) is 11.6 Å². The fraction of sp³-hybridized carbons (Fsp3) is 0.400. The molecule has 0 atom stereocenters. The van der Waals surface area contributed by atoms with Crippen molar-refractivity contribution in [1.82, 2.24) is 15.2 Å². The molecule has 3 rings (SSSR count). The minimum atomic E-state index is -1.33. The van der Waals surface area contributed by atoms with E-state index in [0.717, 1.165) is 10.8 Å². The number of halogens is 3. The van der Waals surface area contributed by atoms with Gasteiger partial charge in [-0.05, 0) is 30.3 Å². The maximum absolute atomic E-state index is 15.0. The van der Waals surface area contributed by atoms with Crippen LogP contribution in [-0.2, 0) is 0 Å². The van der Waals surface area contributed by atoms with E-state index < -0.39 is 11.5 Å². The summed E-state index contributed by atoms with van der Waals surface area (Å²) in [5, 5.41) is 4.03. The first-order valence-electron chi connectivity index (χ1n) is 9.15. The lowest BCUT2D eigenvalue weighted by Gasteiger charge is -2.36. The van der Waals surface area contributed by atoms with Crippen molar-refractivity contribution in [3.8, 4) is 0 Å². The van der Waals surface area contributed by atoms with Crippen LogP contribution in [0.5, 0.6) is 0 Å². The molecule has 2 heterocycles. The molecule has 0 bridgehead atoms. The monoisotopic (exact) mass is 425 g/mol. The van der Waals surface area contributed by atoms with Crippen LogP contribution in [0.2, 0.25) is 5.02 Å². The molecule has 1 fully saturated rings. The number of amides is 1. The van der Waals surface area contributed by atoms with Gasteiger partial charge < -0.3 is 10.2 Å². The fourth-order valence-corrected chi connectivity index (χ4v) is 4.02. The van der Waals surface area contributed by atoms with E-state index in [1.165, 1.54) is 18.2 Å². The van der Waals surface area contributed by atoms with Crippen LogP contribution in [0.3, 0.4) is 0 Å². The Hall–Kier alpha value is -1.70. The van der Waals surface area contributed by atoms with Crippen LogP contribution in [-0.4, -0.2) is 53.4 Å². The highest BCUT2D eigenvalue weighted by atomic mass is 35.5. The van der Waals surface area contributed by atoms with E-state index in [1.807, 2.05) is 18.2 Å². The highest BCUT2D eigenvalue weighted by molar-refractivity contribution is 7.99. The van der Waals surface area contributed by atoms with Gasteiger partial charge in [-0.25, -0.2) is 13.8 Å². The van der Waals surface area contributed by atoms with Gasteiger partial charge in [0.15, 0.2) is 0 Å². The zero-order valence-electron chi connectivity index (χ0n) is 15.3. The summed E-state index contributed by atoms with van der Waals surface area (Å²) in [5.74, 6) is -0.00108. The van der Waals surface area contributed by atoms with Gasteiger partial charge in [-0.2, -0.15) is 0 Å². The van der Waals surface area contributed by atoms with Crippen molar-refractivity contribution in [3.05, 3.63) is 59.0 Å². The topological polar surface area (TPSA) is 45.2 Å². The summed E-state index contributed by atoms with van der Waals surface area (Å²) in [6.07, 6.45) is 2.30. The van der Waals surface area contributed by atoms with Crippen LogP contribution in [0, 0.1) is 5.82 Å². The van der Waals surface area contributed by atoms with Crippen LogP contribution in [0.15, 0.2) is 47.6 Å². The molecule has 1 aliphatic rings. The average Bonchev–Trinajstić information content (AvgIpc) is 2.71. The molecular weight excluding hydrogens is 404 g/mol. The maximum Gasteiger partial charge on any atom is 0.253 e. The van der Waals surface area contributed by atoms with Crippen molar-refractivity contribution in [1.29, 1.82) is 0 Å². The standard InChI is InChI=1S/C20H22ClF2N3OS/c21-16-13-15(4-5-17(16)22)19(27)26-10-6-20(23,7-11-26)14-24-9-12-28-18-3-1-2-8-25-18/h1-5,8,13,24H,6-7,9-12,14H2. The van der Waals surface area contributed by atoms with Crippen molar-refractivity contribution in [2.75, 3.05) is 31.9 Å². The predicted molar refractivity (Wildman–Crippen MR) is 108 cm³/mol. The number of carbonyl (C=O) groups is 1. The van der Waals surface area contributed by atoms with Crippen molar-refractivity contribution in [2.24, 2.45) is 0 Å². The van der Waals surface area contributed by atoms with Crippen LogP contribution in [0.25, 0.3) is 0 Å². The van der Waals surface area contributed by atoms with Gasteiger partial charge in [-0.15, -0.1) is 11.8 Å². The Bertz CT molecular complexity index is 801. The lowest BCUT2D eigenvalue weighted by molar-refractivity contribution is 0.0438. The summed E-state index contributed by atoms with van der Waals surface area (Å²) in [4.78, 5) is 18.3. The number of carbonyl (C=O) groups excluding carboxylic acids is 1. The number of hydrogen-bond donors (Lipinski definition) is 1. The fourth-order valence-electron chi connectivity index (χ4n) is 3.07. The van der Waals surface area contributed by atoms with E-state index in [-0.39, 0.29) is 30.3 Å². The summed E-state index contributed by atoms with van der Waals surface area (Å²) in [7, 11) is 0. The molecule has 0 saturated carbocycles. The normalized spacial score (nSPS) is 16.2. The van der Waals surface area contributed by atoms with Gasteiger partial charge in [-0.1, -0.05) is 17.7 Å². The number of likely N-dealkylation sites (tertiary alicyclic amines) is 1. The van der Waals surface area contributed by atoms with Crippen LogP contribution in [0.4, 0.5) is 8.78 Å². The smallest absolute Gasteiger partial charge is 0.253 e. The molecule has 8 heteroatoms. The molecule has 1 N–H and O–H groups in total. The molecule has 4 nitrogen and oxygen atoms in total. The van der Waals surface area contributed by atoms with Gasteiger partial charge in [0.1, 0.15) is 11.5 Å². The van der Waals surface area contributed by atoms with E-state index in [0.29, 0.717) is 25.2 Å². The van der Waals surface area contributed by atoms with E-state index in [2.05, 4.69) is 10.3 Å². The largest absolute Gasteiger partial charge is 0.338 e. The zero-order valence-corrected chi connectivity index (χ0v) is 16.9. The van der Waals surface area contributed by atoms with Gasteiger partial charge in [-0.3, -0.25) is 4.79 Å². The van der Waals surface area contributed by atoms with Gasteiger partial charge in [0.25, 0.3) is 5.91 Å². The number of piperidine rings is 1. The third kappa shape index (κ3) is 5.65. The molecule has 0 aliphatic carbocycles. The van der Waals surface area contributed by atoms with Gasteiger partial charge >= 0.3 is 0 Å². The van der Waals surface area contributed by atoms with Crippen molar-refractivity contribution >= 4 is 29.3 Å². The SMILES string of the molecule is O=C(c1ccc(F)c(Cl)c1)N1CCC(F)(CNCCSc2ccccn2)CC1. The summed E-state index contributed by atoms with van der Waals surface area (Å²) < 4.78 is 28.2. The Morgan fingerprint density at radius 2 is 2.07 bits per heavy atom. The number of aromatic nitrogens is 1. The minimum absolute atomic E-state index is 0.0875. The summed E-state index contributed by atoms with van der Waals surface area (Å²) in [6.45, 7) is 1.60. The second-order valence-corrected chi connectivity index (χ2v) is 8.29. The highest BCUT2D eigenvalue weighted by Gasteiger charge is 2.35. The summed E-state index contributed by atoms with van der Waals surface area (Å²) in [5.41, 5.74) is -1.00. The number of rotatable bonds is 7. The highest BCUT2D eigenvalue weighted by Crippen LogP contribution is 2.27. The average molecular weight is 426 g/mol. The van der Waals surface area contributed by atoms with E-state index in [9.17, 15) is 13.6 Å². The number of hydrogen-bond acceptors (Lipinski definition) is 4. The molecule has 1 aliphatic heterocycles. The second-order valence-electron chi connectivity index (χ2n) is 6.77. The van der Waals surface area contributed by atoms with Crippen molar-refractivity contribution in [3.63, 3.8) is 0 Å². The van der Waals surface area contributed by atoms with Crippen LogP contribution < -0.4 is 5.32 Å². The number of nitrogens with one attached hydrogen (secondary N) is 1. The predicted octanol–water partition coefficient (Wildman–Crippen LogP) is 4.20. The molecule has 150 valence electrons. The Kier molecular flexibility index (Phi) is 7.26. The lowest BCUT2D eigenvalue weighted by atomic mass is 9.93. The van der Waals surface area contributed by atoms with E-state index >= 15 is 0 Å². The Labute approximate surface area is 172 Å². The quantitative estimate of drug-likeness (QED) is 0.533. The first-order chi connectivity index (χ1) is 13.5. The second kappa shape index (κ2) is 9.67.